The third-order valence-corrected chi connectivity index (χ3v) is 6.37. The van der Waals surface area contributed by atoms with E-state index in [2.05, 4.69) is 34.9 Å². The van der Waals surface area contributed by atoms with Crippen LogP contribution in [0.3, 0.4) is 0 Å². The van der Waals surface area contributed by atoms with E-state index in [0.29, 0.717) is 12.8 Å². The summed E-state index contributed by atoms with van der Waals surface area (Å²) in [5, 5.41) is 14.6. The van der Waals surface area contributed by atoms with Crippen molar-refractivity contribution in [3.63, 3.8) is 0 Å². The van der Waals surface area contributed by atoms with Crippen molar-refractivity contribution in [2.75, 3.05) is 13.2 Å². The van der Waals surface area contributed by atoms with Gasteiger partial charge in [-0.15, -0.1) is 0 Å². The Bertz CT molecular complexity index is 988. The van der Waals surface area contributed by atoms with Gasteiger partial charge in [0.25, 0.3) is 0 Å². The fourth-order valence-electron chi connectivity index (χ4n) is 4.41. The van der Waals surface area contributed by atoms with Crippen LogP contribution in [0.25, 0.3) is 11.1 Å². The number of carbonyl (C=O) groups is 3. The number of fused-ring (bicyclic) bond motifs is 3. The fourth-order valence-corrected chi connectivity index (χ4v) is 4.41. The van der Waals surface area contributed by atoms with Gasteiger partial charge in [-0.1, -0.05) is 75.7 Å². The SMILES string of the molecule is CCCC(CC(=O)O)NC(=O)C(C)(C)CCNC(=O)OCC1c2ccccc2-c2ccccc21. The number of benzene rings is 2. The van der Waals surface area contributed by atoms with Gasteiger partial charge in [0.05, 0.1) is 6.42 Å². The second-order valence-electron chi connectivity index (χ2n) is 9.44. The van der Waals surface area contributed by atoms with Gasteiger partial charge in [0.1, 0.15) is 6.61 Å². The quantitative estimate of drug-likeness (QED) is 0.445. The van der Waals surface area contributed by atoms with Gasteiger partial charge >= 0.3 is 12.1 Å². The average molecular weight is 467 g/mol. The Kier molecular flexibility index (Phi) is 8.31. The summed E-state index contributed by atoms with van der Waals surface area (Å²) in [6.45, 7) is 6.02. The third kappa shape index (κ3) is 6.16. The maximum absolute atomic E-state index is 12.7. The van der Waals surface area contributed by atoms with Gasteiger partial charge in [-0.05, 0) is 35.1 Å². The van der Waals surface area contributed by atoms with Crippen LogP contribution in [0.15, 0.2) is 48.5 Å². The average Bonchev–Trinajstić information content (AvgIpc) is 3.11. The monoisotopic (exact) mass is 466 g/mol. The van der Waals surface area contributed by atoms with Gasteiger partial charge < -0.3 is 20.5 Å². The number of aliphatic carboxylic acids is 1. The van der Waals surface area contributed by atoms with Crippen LogP contribution >= 0.6 is 0 Å². The number of rotatable bonds is 11. The predicted molar refractivity (Wildman–Crippen MR) is 131 cm³/mol. The summed E-state index contributed by atoms with van der Waals surface area (Å²) in [4.78, 5) is 36.1. The molecule has 2 amide bonds. The van der Waals surface area contributed by atoms with Crippen molar-refractivity contribution < 1.29 is 24.2 Å². The lowest BCUT2D eigenvalue weighted by atomic mass is 9.87. The number of amides is 2. The normalized spacial score (nSPS) is 13.5. The van der Waals surface area contributed by atoms with Crippen molar-refractivity contribution >= 4 is 18.0 Å². The minimum atomic E-state index is -0.937. The first kappa shape index (κ1) is 25.3. The molecule has 1 aliphatic rings. The Morgan fingerprint density at radius 3 is 2.18 bits per heavy atom. The van der Waals surface area contributed by atoms with E-state index in [-0.39, 0.29) is 31.4 Å². The predicted octanol–water partition coefficient (Wildman–Crippen LogP) is 4.70. The second kappa shape index (κ2) is 11.2. The zero-order chi connectivity index (χ0) is 24.7. The van der Waals surface area contributed by atoms with Crippen LogP contribution < -0.4 is 10.6 Å². The summed E-state index contributed by atoms with van der Waals surface area (Å²) in [5.74, 6) is -1.17. The molecule has 0 spiro atoms. The number of hydrogen-bond acceptors (Lipinski definition) is 4. The van der Waals surface area contributed by atoms with Crippen molar-refractivity contribution in [2.45, 2.75) is 58.4 Å². The number of alkyl carbamates (subject to hydrolysis) is 1. The van der Waals surface area contributed by atoms with Gasteiger partial charge in [-0.2, -0.15) is 0 Å². The molecule has 1 atom stereocenters. The number of hydrogen-bond donors (Lipinski definition) is 3. The van der Waals surface area contributed by atoms with Crippen LogP contribution in [0.2, 0.25) is 0 Å². The molecule has 0 fully saturated rings. The lowest BCUT2D eigenvalue weighted by Gasteiger charge is -2.27. The highest BCUT2D eigenvalue weighted by molar-refractivity contribution is 5.83. The molecular formula is C27H34N2O5. The minimum Gasteiger partial charge on any atom is -0.481 e. The molecular weight excluding hydrogens is 432 g/mol. The minimum absolute atomic E-state index is 0.00916. The molecule has 34 heavy (non-hydrogen) atoms. The van der Waals surface area contributed by atoms with Crippen LogP contribution in [-0.2, 0) is 14.3 Å². The molecule has 0 saturated heterocycles. The van der Waals surface area contributed by atoms with Gasteiger partial charge in [0.2, 0.25) is 5.91 Å². The molecule has 0 heterocycles. The molecule has 7 heteroatoms. The molecule has 2 aromatic rings. The number of carboxylic acid groups (broad SMARTS) is 1. The van der Waals surface area contributed by atoms with E-state index in [0.717, 1.165) is 17.5 Å². The Morgan fingerprint density at radius 1 is 1.03 bits per heavy atom. The van der Waals surface area contributed by atoms with E-state index in [1.165, 1.54) is 11.1 Å². The zero-order valence-electron chi connectivity index (χ0n) is 20.1. The summed E-state index contributed by atoms with van der Waals surface area (Å²) >= 11 is 0. The molecule has 3 rings (SSSR count). The number of ether oxygens (including phenoxy) is 1. The largest absolute Gasteiger partial charge is 0.481 e. The van der Waals surface area contributed by atoms with Crippen molar-refractivity contribution in [3.05, 3.63) is 59.7 Å². The number of nitrogens with one attached hydrogen (secondary N) is 2. The van der Waals surface area contributed by atoms with Crippen molar-refractivity contribution in [3.8, 4) is 11.1 Å². The molecule has 0 aliphatic heterocycles. The highest BCUT2D eigenvalue weighted by Gasteiger charge is 2.31. The van der Waals surface area contributed by atoms with Crippen molar-refractivity contribution in [1.29, 1.82) is 0 Å². The van der Waals surface area contributed by atoms with Gasteiger partial charge in [0, 0.05) is 23.9 Å². The second-order valence-corrected chi connectivity index (χ2v) is 9.44. The molecule has 0 radical (unpaired) electrons. The summed E-state index contributed by atoms with van der Waals surface area (Å²) in [6, 6.07) is 15.9. The molecule has 182 valence electrons. The van der Waals surface area contributed by atoms with E-state index < -0.39 is 23.5 Å². The van der Waals surface area contributed by atoms with E-state index in [4.69, 9.17) is 9.84 Å². The first-order valence-corrected chi connectivity index (χ1v) is 11.8. The van der Waals surface area contributed by atoms with Crippen molar-refractivity contribution in [1.82, 2.24) is 10.6 Å². The van der Waals surface area contributed by atoms with Crippen LogP contribution in [0.4, 0.5) is 4.79 Å². The Balaban J connectivity index is 1.49. The maximum Gasteiger partial charge on any atom is 0.407 e. The van der Waals surface area contributed by atoms with Crippen molar-refractivity contribution in [2.24, 2.45) is 5.41 Å². The third-order valence-electron chi connectivity index (χ3n) is 6.37. The first-order valence-electron chi connectivity index (χ1n) is 11.8. The van der Waals surface area contributed by atoms with Crippen LogP contribution in [0.1, 0.15) is 63.5 Å². The van der Waals surface area contributed by atoms with Gasteiger partial charge in [0.15, 0.2) is 0 Å². The van der Waals surface area contributed by atoms with E-state index >= 15 is 0 Å². The molecule has 3 N–H and O–H groups in total. The lowest BCUT2D eigenvalue weighted by molar-refractivity contribution is -0.138. The maximum atomic E-state index is 12.7. The molecule has 7 nitrogen and oxygen atoms in total. The fraction of sp³-hybridized carbons (Fsp3) is 0.444. The Hall–Kier alpha value is -3.35. The standard InChI is InChI=1S/C27H34N2O5/c1-4-9-18(16-24(30)31)29-25(32)27(2,3)14-15-28-26(33)34-17-23-21-12-7-5-10-19(21)20-11-6-8-13-22(20)23/h5-8,10-13,18,23H,4,9,14-17H2,1-3H3,(H,28,33)(H,29,32)(H,30,31). The van der Waals surface area contributed by atoms with E-state index in [1.807, 2.05) is 31.2 Å². The van der Waals surface area contributed by atoms with Crippen LogP contribution in [0, 0.1) is 5.41 Å². The molecule has 0 aromatic heterocycles. The molecule has 0 saturated carbocycles. The summed E-state index contributed by atoms with van der Waals surface area (Å²) in [6.07, 6.45) is 1.16. The Labute approximate surface area is 200 Å². The molecule has 2 aromatic carbocycles. The summed E-state index contributed by atoms with van der Waals surface area (Å²) < 4.78 is 5.54. The molecule has 0 bridgehead atoms. The highest BCUT2D eigenvalue weighted by Crippen LogP contribution is 2.44. The number of carbonyl (C=O) groups excluding carboxylic acids is 2. The van der Waals surface area contributed by atoms with Gasteiger partial charge in [-0.25, -0.2) is 4.79 Å². The van der Waals surface area contributed by atoms with E-state index in [9.17, 15) is 14.4 Å². The Morgan fingerprint density at radius 2 is 1.62 bits per heavy atom. The number of carboxylic acids is 1. The lowest BCUT2D eigenvalue weighted by Crippen LogP contribution is -2.45. The highest BCUT2D eigenvalue weighted by atomic mass is 16.5. The summed E-state index contributed by atoms with van der Waals surface area (Å²) in [7, 11) is 0. The molecule has 1 unspecified atom stereocenters. The van der Waals surface area contributed by atoms with Crippen LogP contribution in [0.5, 0.6) is 0 Å². The topological polar surface area (TPSA) is 105 Å². The van der Waals surface area contributed by atoms with E-state index in [1.54, 1.807) is 13.8 Å². The van der Waals surface area contributed by atoms with Gasteiger partial charge in [-0.3, -0.25) is 9.59 Å². The summed E-state index contributed by atoms with van der Waals surface area (Å²) in [5.41, 5.74) is 3.88. The van der Waals surface area contributed by atoms with Crippen LogP contribution in [-0.4, -0.2) is 42.3 Å². The molecule has 1 aliphatic carbocycles. The smallest absolute Gasteiger partial charge is 0.407 e. The first-order chi connectivity index (χ1) is 16.2. The zero-order valence-corrected chi connectivity index (χ0v) is 20.1.